The summed E-state index contributed by atoms with van der Waals surface area (Å²) in [6.07, 6.45) is 0. The van der Waals surface area contributed by atoms with Crippen LogP contribution in [-0.4, -0.2) is 5.25 Å². The van der Waals surface area contributed by atoms with Crippen LogP contribution in [0, 0.1) is 25.2 Å². The fourth-order valence-corrected chi connectivity index (χ4v) is 1.99. The fraction of sp³-hybridized carbons (Fsp3) is 0.364. The molecular formula is C11H13NS. The molecule has 13 heavy (non-hydrogen) atoms. The van der Waals surface area contributed by atoms with E-state index in [0.29, 0.717) is 0 Å². The molecule has 0 aliphatic heterocycles. The lowest BCUT2D eigenvalue weighted by atomic mass is 10.2. The lowest BCUT2D eigenvalue weighted by Gasteiger charge is -2.07. The van der Waals surface area contributed by atoms with Gasteiger partial charge >= 0.3 is 0 Å². The summed E-state index contributed by atoms with van der Waals surface area (Å²) >= 11 is 1.62. The lowest BCUT2D eigenvalue weighted by molar-refractivity contribution is 1.20. The normalized spacial score (nSPS) is 12.2. The first-order valence-corrected chi connectivity index (χ1v) is 5.15. The minimum absolute atomic E-state index is 0.0282. The van der Waals surface area contributed by atoms with E-state index in [1.165, 1.54) is 16.0 Å². The second-order valence-corrected chi connectivity index (χ2v) is 4.54. The predicted molar refractivity (Wildman–Crippen MR) is 56.8 cm³/mol. The van der Waals surface area contributed by atoms with Gasteiger partial charge < -0.3 is 0 Å². The molecule has 0 N–H and O–H groups in total. The molecule has 0 amide bonds. The summed E-state index contributed by atoms with van der Waals surface area (Å²) in [5, 5.41) is 8.71. The number of benzene rings is 1. The first-order chi connectivity index (χ1) is 6.13. The first kappa shape index (κ1) is 10.1. The van der Waals surface area contributed by atoms with Gasteiger partial charge in [0.15, 0.2) is 0 Å². The van der Waals surface area contributed by atoms with E-state index in [4.69, 9.17) is 5.26 Å². The van der Waals surface area contributed by atoms with E-state index in [-0.39, 0.29) is 5.25 Å². The third kappa shape index (κ3) is 2.78. The molecule has 0 fully saturated rings. The van der Waals surface area contributed by atoms with Crippen molar-refractivity contribution in [3.8, 4) is 6.07 Å². The molecule has 0 unspecified atom stereocenters. The molecule has 0 heterocycles. The highest BCUT2D eigenvalue weighted by Crippen LogP contribution is 2.26. The van der Waals surface area contributed by atoms with Gasteiger partial charge in [-0.3, -0.25) is 0 Å². The Kier molecular flexibility index (Phi) is 3.39. The molecule has 0 saturated heterocycles. The summed E-state index contributed by atoms with van der Waals surface area (Å²) in [6, 6.07) is 8.55. The van der Waals surface area contributed by atoms with Crippen molar-refractivity contribution in [2.45, 2.75) is 30.9 Å². The van der Waals surface area contributed by atoms with Crippen molar-refractivity contribution >= 4 is 11.8 Å². The number of rotatable bonds is 2. The van der Waals surface area contributed by atoms with E-state index in [2.05, 4.69) is 38.1 Å². The van der Waals surface area contributed by atoms with Crippen molar-refractivity contribution in [1.29, 1.82) is 5.26 Å². The van der Waals surface area contributed by atoms with E-state index in [1.54, 1.807) is 11.8 Å². The maximum Gasteiger partial charge on any atom is 0.0935 e. The fourth-order valence-electron chi connectivity index (χ4n) is 1.05. The van der Waals surface area contributed by atoms with Crippen molar-refractivity contribution in [3.63, 3.8) is 0 Å². The second-order valence-electron chi connectivity index (χ2n) is 3.16. The number of nitriles is 1. The summed E-state index contributed by atoms with van der Waals surface area (Å²) in [6.45, 7) is 6.07. The molecule has 1 aromatic rings. The minimum Gasteiger partial charge on any atom is -0.197 e. The summed E-state index contributed by atoms with van der Waals surface area (Å²) < 4.78 is 0. The average molecular weight is 191 g/mol. The van der Waals surface area contributed by atoms with Crippen LogP contribution < -0.4 is 0 Å². The summed E-state index contributed by atoms with van der Waals surface area (Å²) in [5.41, 5.74) is 2.50. The summed E-state index contributed by atoms with van der Waals surface area (Å²) in [4.78, 5) is 1.22. The summed E-state index contributed by atoms with van der Waals surface area (Å²) in [7, 11) is 0. The summed E-state index contributed by atoms with van der Waals surface area (Å²) in [5.74, 6) is 0. The highest BCUT2D eigenvalue weighted by atomic mass is 32.2. The van der Waals surface area contributed by atoms with Gasteiger partial charge in [0.25, 0.3) is 0 Å². The second kappa shape index (κ2) is 4.34. The van der Waals surface area contributed by atoms with Crippen LogP contribution in [0.1, 0.15) is 18.1 Å². The molecule has 0 aliphatic rings. The molecule has 0 saturated carbocycles. The Bertz CT molecular complexity index is 338. The van der Waals surface area contributed by atoms with Crippen molar-refractivity contribution in [2.75, 3.05) is 0 Å². The Morgan fingerprint density at radius 2 is 2.08 bits per heavy atom. The number of nitrogens with zero attached hydrogens (tertiary/aromatic N) is 1. The molecule has 1 rings (SSSR count). The van der Waals surface area contributed by atoms with Crippen LogP contribution in [0.2, 0.25) is 0 Å². The van der Waals surface area contributed by atoms with Gasteiger partial charge in [-0.25, -0.2) is 0 Å². The van der Waals surface area contributed by atoms with Crippen molar-refractivity contribution in [2.24, 2.45) is 0 Å². The minimum atomic E-state index is 0.0282. The van der Waals surface area contributed by atoms with E-state index in [0.717, 1.165) is 0 Å². The molecular weight excluding hydrogens is 178 g/mol. The van der Waals surface area contributed by atoms with E-state index in [1.807, 2.05) is 6.92 Å². The topological polar surface area (TPSA) is 23.8 Å². The Hall–Kier alpha value is -0.940. The standard InChI is InChI=1S/C11H13NS/c1-8-4-5-9(2)11(6-8)13-10(3)7-12/h4-6,10H,1-3H3/t10-/m1/s1. The highest BCUT2D eigenvalue weighted by Gasteiger charge is 2.04. The van der Waals surface area contributed by atoms with Gasteiger partial charge in [-0.2, -0.15) is 5.26 Å². The largest absolute Gasteiger partial charge is 0.197 e. The molecule has 0 bridgehead atoms. The van der Waals surface area contributed by atoms with Gasteiger partial charge in [0, 0.05) is 4.90 Å². The van der Waals surface area contributed by atoms with Crippen molar-refractivity contribution in [1.82, 2.24) is 0 Å². The van der Waals surface area contributed by atoms with Crippen LogP contribution in [0.25, 0.3) is 0 Å². The van der Waals surface area contributed by atoms with E-state index in [9.17, 15) is 0 Å². The molecule has 0 aromatic heterocycles. The van der Waals surface area contributed by atoms with Gasteiger partial charge in [0.2, 0.25) is 0 Å². The molecule has 2 heteroatoms. The van der Waals surface area contributed by atoms with E-state index >= 15 is 0 Å². The Morgan fingerprint density at radius 3 is 2.69 bits per heavy atom. The third-order valence-electron chi connectivity index (χ3n) is 1.83. The Labute approximate surface area is 83.8 Å². The van der Waals surface area contributed by atoms with Gasteiger partial charge in [0.1, 0.15) is 0 Å². The molecule has 1 atom stereocenters. The van der Waals surface area contributed by atoms with Crippen LogP contribution in [0.15, 0.2) is 23.1 Å². The molecule has 0 aliphatic carbocycles. The molecule has 1 aromatic carbocycles. The molecule has 0 spiro atoms. The number of thioether (sulfide) groups is 1. The lowest BCUT2D eigenvalue weighted by Crippen LogP contribution is -1.91. The Morgan fingerprint density at radius 1 is 1.38 bits per heavy atom. The quantitative estimate of drug-likeness (QED) is 0.670. The van der Waals surface area contributed by atoms with Crippen molar-refractivity contribution in [3.05, 3.63) is 29.3 Å². The monoisotopic (exact) mass is 191 g/mol. The molecule has 68 valence electrons. The van der Waals surface area contributed by atoms with Crippen LogP contribution in [0.4, 0.5) is 0 Å². The van der Waals surface area contributed by atoms with Gasteiger partial charge in [-0.1, -0.05) is 17.7 Å². The average Bonchev–Trinajstić information content (AvgIpc) is 2.11. The number of hydrogen-bond donors (Lipinski definition) is 0. The van der Waals surface area contributed by atoms with Crippen LogP contribution in [-0.2, 0) is 0 Å². The number of aryl methyl sites for hydroxylation is 2. The predicted octanol–water partition coefficient (Wildman–Crippen LogP) is 3.31. The van der Waals surface area contributed by atoms with Gasteiger partial charge in [-0.15, -0.1) is 11.8 Å². The van der Waals surface area contributed by atoms with Crippen molar-refractivity contribution < 1.29 is 0 Å². The van der Waals surface area contributed by atoms with E-state index < -0.39 is 0 Å². The maximum absolute atomic E-state index is 8.69. The maximum atomic E-state index is 8.69. The first-order valence-electron chi connectivity index (χ1n) is 4.27. The number of hydrogen-bond acceptors (Lipinski definition) is 2. The molecule has 1 nitrogen and oxygen atoms in total. The van der Waals surface area contributed by atoms with Crippen LogP contribution >= 0.6 is 11.8 Å². The van der Waals surface area contributed by atoms with Gasteiger partial charge in [-0.05, 0) is 32.4 Å². The third-order valence-corrected chi connectivity index (χ3v) is 2.98. The van der Waals surface area contributed by atoms with Crippen LogP contribution in [0.5, 0.6) is 0 Å². The zero-order chi connectivity index (χ0) is 9.84. The van der Waals surface area contributed by atoms with Gasteiger partial charge in [0.05, 0.1) is 11.3 Å². The smallest absolute Gasteiger partial charge is 0.0935 e. The highest BCUT2D eigenvalue weighted by molar-refractivity contribution is 8.00. The molecule has 0 radical (unpaired) electrons. The zero-order valence-corrected chi connectivity index (χ0v) is 8.98. The SMILES string of the molecule is Cc1ccc(C)c(S[C@H](C)C#N)c1. The zero-order valence-electron chi connectivity index (χ0n) is 8.16. The van der Waals surface area contributed by atoms with Crippen LogP contribution in [0.3, 0.4) is 0 Å². The Balaban J connectivity index is 2.88.